The number of rotatable bonds is 30. The van der Waals surface area contributed by atoms with Crippen LogP contribution in [0.25, 0.3) is 0 Å². The largest absolute Gasteiger partial charge is 0.463 e. The van der Waals surface area contributed by atoms with Gasteiger partial charge in [0, 0.05) is 25.7 Å². The van der Waals surface area contributed by atoms with Crippen molar-refractivity contribution in [2.45, 2.75) is 192 Å². The lowest BCUT2D eigenvalue weighted by atomic mass is 9.98. The first-order valence-electron chi connectivity index (χ1n) is 19.3. The van der Waals surface area contributed by atoms with Crippen LogP contribution in [-0.4, -0.2) is 113 Å². The number of carbonyl (C=O) groups excluding carboxylic acids is 4. The molecule has 0 spiro atoms. The first kappa shape index (κ1) is 47.6. The molecule has 304 valence electrons. The summed E-state index contributed by atoms with van der Waals surface area (Å²) in [4.78, 5) is 62.8. The number of hydrogen-bond donors (Lipinski definition) is 4. The first-order chi connectivity index (χ1) is 25.0. The van der Waals surface area contributed by atoms with Crippen molar-refractivity contribution in [3.05, 3.63) is 0 Å². The lowest BCUT2D eigenvalue weighted by Crippen LogP contribution is -2.63. The molecular weight excluding hydrogens is 684 g/mol. The Morgan fingerprint density at radius 2 is 1.02 bits per heavy atom. The Morgan fingerprint density at radius 1 is 0.577 bits per heavy atom. The van der Waals surface area contributed by atoms with Crippen molar-refractivity contribution in [2.24, 2.45) is 0 Å². The van der Waals surface area contributed by atoms with Crippen molar-refractivity contribution in [3.63, 3.8) is 0 Å². The smallest absolute Gasteiger partial charge is 0.306 e. The zero-order valence-electron chi connectivity index (χ0n) is 31.7. The fraction of sp³-hybridized carbons (Fsp3) is 0.892. The van der Waals surface area contributed by atoms with Crippen LogP contribution in [0.2, 0.25) is 0 Å². The molecule has 0 aromatic rings. The number of hydrogen-bond acceptors (Lipinski definition) is 15. The monoisotopic (exact) mass is 750 g/mol. The first-order valence-corrected chi connectivity index (χ1v) is 19.3. The van der Waals surface area contributed by atoms with Crippen molar-refractivity contribution in [1.82, 2.24) is 0 Å². The highest BCUT2D eigenvalue weighted by Crippen LogP contribution is 2.31. The van der Waals surface area contributed by atoms with Gasteiger partial charge in [0.1, 0.15) is 37.6 Å². The minimum absolute atomic E-state index is 0.0230. The molecule has 1 heterocycles. The van der Waals surface area contributed by atoms with E-state index in [1.54, 1.807) is 0 Å². The highest BCUT2D eigenvalue weighted by atomic mass is 17.2. The van der Waals surface area contributed by atoms with E-state index in [2.05, 4.69) is 6.92 Å². The van der Waals surface area contributed by atoms with Gasteiger partial charge in [-0.1, -0.05) is 91.9 Å². The third-order valence-corrected chi connectivity index (χ3v) is 8.62. The summed E-state index contributed by atoms with van der Waals surface area (Å²) in [5.74, 6) is -2.46. The second kappa shape index (κ2) is 29.0. The van der Waals surface area contributed by atoms with Gasteiger partial charge in [0.2, 0.25) is 6.29 Å². The molecular formula is C37H66O15. The van der Waals surface area contributed by atoms with Crippen LogP contribution < -0.4 is 0 Å². The zero-order valence-corrected chi connectivity index (χ0v) is 31.7. The molecule has 0 radical (unpaired) electrons. The molecule has 0 aliphatic carbocycles. The van der Waals surface area contributed by atoms with Gasteiger partial charge in [-0.3, -0.25) is 19.2 Å². The van der Waals surface area contributed by atoms with E-state index in [1.807, 2.05) is 20.8 Å². The van der Waals surface area contributed by atoms with Crippen molar-refractivity contribution < 1.29 is 73.1 Å². The third-order valence-electron chi connectivity index (χ3n) is 8.62. The van der Waals surface area contributed by atoms with Gasteiger partial charge in [0.15, 0.2) is 18.3 Å². The molecule has 1 fully saturated rings. The molecule has 8 atom stereocenters. The van der Waals surface area contributed by atoms with E-state index in [1.165, 1.54) is 0 Å². The Hall–Kier alpha value is -2.40. The second-order valence-corrected chi connectivity index (χ2v) is 13.3. The maximum absolute atomic E-state index is 13.2. The van der Waals surface area contributed by atoms with Gasteiger partial charge in [-0.25, -0.2) is 9.78 Å². The number of aliphatic hydroxyl groups excluding tert-OH is 4. The number of ether oxygens (including phenoxy) is 5. The van der Waals surface area contributed by atoms with E-state index in [9.17, 15) is 34.5 Å². The molecule has 15 nitrogen and oxygen atoms in total. The van der Waals surface area contributed by atoms with Gasteiger partial charge in [0.05, 0.1) is 6.61 Å². The van der Waals surface area contributed by atoms with E-state index in [-0.39, 0.29) is 25.7 Å². The highest BCUT2D eigenvalue weighted by Gasteiger charge is 2.54. The number of aliphatic hydroxyl groups is 4. The van der Waals surface area contributed by atoms with Gasteiger partial charge in [0.25, 0.3) is 0 Å². The van der Waals surface area contributed by atoms with E-state index in [0.29, 0.717) is 25.7 Å². The van der Waals surface area contributed by atoms with E-state index >= 15 is 0 Å². The van der Waals surface area contributed by atoms with Crippen LogP contribution in [0, 0.1) is 0 Å². The van der Waals surface area contributed by atoms with E-state index in [0.717, 1.165) is 64.2 Å². The molecule has 0 bridgehead atoms. The molecule has 1 aliphatic rings. The predicted molar refractivity (Wildman–Crippen MR) is 187 cm³/mol. The molecule has 0 amide bonds. The summed E-state index contributed by atoms with van der Waals surface area (Å²) in [6, 6.07) is 0. The van der Waals surface area contributed by atoms with Gasteiger partial charge >= 0.3 is 23.9 Å². The van der Waals surface area contributed by atoms with Crippen LogP contribution in [0.4, 0.5) is 0 Å². The topological polar surface area (TPSA) is 214 Å². The minimum Gasteiger partial charge on any atom is -0.463 e. The fourth-order valence-electron chi connectivity index (χ4n) is 5.44. The molecule has 52 heavy (non-hydrogen) atoms. The highest BCUT2D eigenvalue weighted by molar-refractivity contribution is 5.72. The Kier molecular flexibility index (Phi) is 26.6. The minimum atomic E-state index is -1.80. The Morgan fingerprint density at radius 3 is 1.54 bits per heavy atom. The molecule has 0 unspecified atom stereocenters. The molecule has 1 saturated heterocycles. The summed E-state index contributed by atoms with van der Waals surface area (Å²) < 4.78 is 29.2. The number of carbonyl (C=O) groups is 4. The number of esters is 4. The van der Waals surface area contributed by atoms with Crippen LogP contribution in [-0.2, 0) is 52.6 Å². The zero-order chi connectivity index (χ0) is 38.7. The van der Waals surface area contributed by atoms with Crippen molar-refractivity contribution >= 4 is 23.9 Å². The lowest BCUT2D eigenvalue weighted by Gasteiger charge is -2.43. The Bertz CT molecular complexity index is 979. The van der Waals surface area contributed by atoms with Crippen molar-refractivity contribution in [1.29, 1.82) is 0 Å². The summed E-state index contributed by atoms with van der Waals surface area (Å²) in [5.41, 5.74) is 0. The maximum Gasteiger partial charge on any atom is 0.306 e. The average molecular weight is 751 g/mol. The lowest BCUT2D eigenvalue weighted by molar-refractivity contribution is -0.430. The summed E-state index contributed by atoms with van der Waals surface area (Å²) in [7, 11) is 0. The van der Waals surface area contributed by atoms with Crippen LogP contribution in [0.3, 0.4) is 0 Å². The molecule has 1 rings (SSSR count). The normalized spacial score (nSPS) is 21.9. The summed E-state index contributed by atoms with van der Waals surface area (Å²) in [5, 5.41) is 39.2. The summed E-state index contributed by atoms with van der Waals surface area (Å²) in [6.07, 6.45) is -1.44. The molecule has 1 aliphatic heterocycles. The van der Waals surface area contributed by atoms with Crippen molar-refractivity contribution in [2.75, 3.05) is 19.8 Å². The van der Waals surface area contributed by atoms with Crippen LogP contribution in [0.15, 0.2) is 0 Å². The SMILES string of the molecule is CCCCCCCC(=O)O[C@@H]1[C@H](OOC[C@@H](O)[C@H](O)[C@@H](O)CO)O[C@H](COC(=O)CCCCC)[C@@H](OC(=O)CCCCC)[C@@H]1OC(=O)CCCCC. The second-order valence-electron chi connectivity index (χ2n) is 13.3. The van der Waals surface area contributed by atoms with Gasteiger partial charge < -0.3 is 44.1 Å². The van der Waals surface area contributed by atoms with E-state index < -0.39 is 92.7 Å². The Labute approximate surface area is 308 Å². The molecule has 0 saturated carbocycles. The quantitative estimate of drug-likeness (QED) is 0.0267. The average Bonchev–Trinajstić information content (AvgIpc) is 3.12. The van der Waals surface area contributed by atoms with Gasteiger partial charge in [-0.05, 0) is 25.7 Å². The molecule has 15 heteroatoms. The van der Waals surface area contributed by atoms with Gasteiger partial charge in [-0.2, -0.15) is 0 Å². The predicted octanol–water partition coefficient (Wildman–Crippen LogP) is 4.11. The molecule has 4 N–H and O–H groups in total. The van der Waals surface area contributed by atoms with Crippen LogP contribution in [0.5, 0.6) is 0 Å². The van der Waals surface area contributed by atoms with Crippen LogP contribution >= 0.6 is 0 Å². The molecule has 0 aromatic carbocycles. The molecule has 0 aromatic heterocycles. The Balaban J connectivity index is 3.49. The fourth-order valence-corrected chi connectivity index (χ4v) is 5.44. The van der Waals surface area contributed by atoms with Crippen LogP contribution in [0.1, 0.15) is 143 Å². The van der Waals surface area contributed by atoms with Gasteiger partial charge in [-0.15, -0.1) is 0 Å². The maximum atomic E-state index is 13.2. The standard InChI is InChI=1S/C37H66O15/c1-5-9-13-14-18-22-32(44)51-36-35(50-31(43)21-17-12-8-4)34(49-30(42)20-16-11-7-3)28(25-46-29(41)19-15-10-6-2)48-37(36)52-47-24-27(40)33(45)26(39)23-38/h26-28,33-40,45H,5-25H2,1-4H3/t26-,27+,28+,33+,34+,35-,36-,37-/m0/s1. The van der Waals surface area contributed by atoms with E-state index in [4.69, 9.17) is 38.6 Å². The van der Waals surface area contributed by atoms with Crippen molar-refractivity contribution in [3.8, 4) is 0 Å². The summed E-state index contributed by atoms with van der Waals surface area (Å²) in [6.45, 7) is 6.03. The number of unbranched alkanes of at least 4 members (excludes halogenated alkanes) is 10. The summed E-state index contributed by atoms with van der Waals surface area (Å²) >= 11 is 0. The third kappa shape index (κ3) is 19.6.